The lowest BCUT2D eigenvalue weighted by Crippen LogP contribution is -2.18. The van der Waals surface area contributed by atoms with Crippen molar-refractivity contribution in [1.82, 2.24) is 0 Å². The van der Waals surface area contributed by atoms with Gasteiger partial charge in [-0.2, -0.15) is 5.10 Å². The number of hydrogen-bond donors (Lipinski definition) is 0. The Morgan fingerprint density at radius 1 is 0.880 bits per heavy atom. The summed E-state index contributed by atoms with van der Waals surface area (Å²) in [5, 5.41) is 6.94. The van der Waals surface area contributed by atoms with Crippen LogP contribution < -0.4 is 5.01 Å². The summed E-state index contributed by atoms with van der Waals surface area (Å²) in [7, 11) is 0. The average Bonchev–Trinajstić information content (AvgIpc) is 3.09. The first-order chi connectivity index (χ1) is 12.2. The van der Waals surface area contributed by atoms with Gasteiger partial charge in [-0.25, -0.2) is 4.39 Å². The second kappa shape index (κ2) is 6.52. The third-order valence-corrected chi connectivity index (χ3v) is 4.57. The summed E-state index contributed by atoms with van der Waals surface area (Å²) in [6, 6.07) is 25.5. The highest BCUT2D eigenvalue weighted by molar-refractivity contribution is 6.03. The SMILES string of the molecule is Cc1ccc([C@H]2CC(c3ccc(F)cc3)=NN2c2ccccc2)cc1. The summed E-state index contributed by atoms with van der Waals surface area (Å²) in [5.74, 6) is -0.225. The van der Waals surface area contributed by atoms with Gasteiger partial charge in [0.15, 0.2) is 0 Å². The lowest BCUT2D eigenvalue weighted by atomic mass is 9.97. The fourth-order valence-electron chi connectivity index (χ4n) is 3.19. The number of benzene rings is 3. The summed E-state index contributed by atoms with van der Waals surface area (Å²) in [6.45, 7) is 2.09. The topological polar surface area (TPSA) is 15.6 Å². The zero-order valence-electron chi connectivity index (χ0n) is 14.1. The van der Waals surface area contributed by atoms with Gasteiger partial charge in [-0.05, 0) is 42.3 Å². The van der Waals surface area contributed by atoms with E-state index in [4.69, 9.17) is 5.10 Å². The molecule has 1 aliphatic rings. The van der Waals surface area contributed by atoms with E-state index in [1.807, 2.05) is 18.2 Å². The molecule has 0 bridgehead atoms. The molecule has 0 aromatic heterocycles. The van der Waals surface area contributed by atoms with E-state index in [1.165, 1.54) is 23.3 Å². The van der Waals surface area contributed by atoms with Gasteiger partial charge >= 0.3 is 0 Å². The van der Waals surface area contributed by atoms with E-state index in [1.54, 1.807) is 12.1 Å². The highest BCUT2D eigenvalue weighted by Gasteiger charge is 2.29. The number of aryl methyl sites for hydroxylation is 1. The van der Waals surface area contributed by atoms with Gasteiger partial charge in [0.1, 0.15) is 5.82 Å². The van der Waals surface area contributed by atoms with Crippen LogP contribution in [0.2, 0.25) is 0 Å². The van der Waals surface area contributed by atoms with Crippen LogP contribution in [-0.4, -0.2) is 5.71 Å². The molecule has 0 saturated carbocycles. The molecule has 25 heavy (non-hydrogen) atoms. The average molecular weight is 330 g/mol. The summed E-state index contributed by atoms with van der Waals surface area (Å²) in [5.41, 5.74) is 5.49. The van der Waals surface area contributed by atoms with E-state index in [-0.39, 0.29) is 11.9 Å². The normalized spacial score (nSPS) is 16.8. The number of rotatable bonds is 3. The molecule has 0 spiro atoms. The van der Waals surface area contributed by atoms with Crippen molar-refractivity contribution in [2.45, 2.75) is 19.4 Å². The lowest BCUT2D eigenvalue weighted by Gasteiger charge is -2.24. The van der Waals surface area contributed by atoms with E-state index in [2.05, 4.69) is 48.3 Å². The molecule has 0 aliphatic carbocycles. The van der Waals surface area contributed by atoms with Crippen molar-refractivity contribution in [2.24, 2.45) is 5.10 Å². The summed E-state index contributed by atoms with van der Waals surface area (Å²) < 4.78 is 13.2. The van der Waals surface area contributed by atoms with Gasteiger partial charge in [-0.15, -0.1) is 0 Å². The van der Waals surface area contributed by atoms with Crippen molar-refractivity contribution in [3.63, 3.8) is 0 Å². The molecule has 4 rings (SSSR count). The Labute approximate surface area is 147 Å². The highest BCUT2D eigenvalue weighted by Crippen LogP contribution is 2.36. The first-order valence-corrected chi connectivity index (χ1v) is 8.45. The molecule has 3 aromatic rings. The monoisotopic (exact) mass is 330 g/mol. The van der Waals surface area contributed by atoms with Crippen LogP contribution >= 0.6 is 0 Å². The van der Waals surface area contributed by atoms with E-state index in [0.29, 0.717) is 0 Å². The molecule has 3 aromatic carbocycles. The fourth-order valence-corrected chi connectivity index (χ4v) is 3.19. The molecular formula is C22H19FN2. The maximum Gasteiger partial charge on any atom is 0.123 e. The Kier molecular flexibility index (Phi) is 4.06. The summed E-state index contributed by atoms with van der Waals surface area (Å²) >= 11 is 0. The van der Waals surface area contributed by atoms with E-state index >= 15 is 0 Å². The number of halogens is 1. The van der Waals surface area contributed by atoms with Crippen molar-refractivity contribution in [1.29, 1.82) is 0 Å². The van der Waals surface area contributed by atoms with E-state index < -0.39 is 0 Å². The van der Waals surface area contributed by atoms with Crippen molar-refractivity contribution < 1.29 is 4.39 Å². The zero-order valence-corrected chi connectivity index (χ0v) is 14.1. The molecule has 124 valence electrons. The van der Waals surface area contributed by atoms with E-state index in [9.17, 15) is 4.39 Å². The van der Waals surface area contributed by atoms with Gasteiger partial charge in [0.05, 0.1) is 17.4 Å². The predicted molar refractivity (Wildman–Crippen MR) is 100 cm³/mol. The maximum atomic E-state index is 13.2. The smallest absolute Gasteiger partial charge is 0.123 e. The number of para-hydroxylation sites is 1. The Morgan fingerprint density at radius 2 is 1.56 bits per heavy atom. The van der Waals surface area contributed by atoms with Gasteiger partial charge in [0.2, 0.25) is 0 Å². The molecule has 1 aliphatic heterocycles. The Bertz CT molecular complexity index is 884. The molecule has 1 heterocycles. The molecule has 0 amide bonds. The van der Waals surface area contributed by atoms with Gasteiger partial charge in [-0.1, -0.05) is 60.2 Å². The fraction of sp³-hybridized carbons (Fsp3) is 0.136. The molecule has 0 radical (unpaired) electrons. The number of hydrogen-bond acceptors (Lipinski definition) is 2. The van der Waals surface area contributed by atoms with Crippen LogP contribution in [0.15, 0.2) is 84.0 Å². The minimum Gasteiger partial charge on any atom is -0.257 e. The Balaban J connectivity index is 1.73. The van der Waals surface area contributed by atoms with Gasteiger partial charge in [-0.3, -0.25) is 5.01 Å². The summed E-state index contributed by atoms with van der Waals surface area (Å²) in [4.78, 5) is 0. The molecule has 0 N–H and O–H groups in total. The lowest BCUT2D eigenvalue weighted by molar-refractivity contribution is 0.627. The Morgan fingerprint density at radius 3 is 2.24 bits per heavy atom. The first-order valence-electron chi connectivity index (χ1n) is 8.45. The van der Waals surface area contributed by atoms with Crippen LogP contribution in [0.5, 0.6) is 0 Å². The van der Waals surface area contributed by atoms with Crippen molar-refractivity contribution in [3.05, 3.63) is 101 Å². The van der Waals surface area contributed by atoms with Crippen LogP contribution in [0.4, 0.5) is 10.1 Å². The Hall–Kier alpha value is -2.94. The first kappa shape index (κ1) is 15.6. The van der Waals surface area contributed by atoms with Crippen LogP contribution in [0.3, 0.4) is 0 Å². The van der Waals surface area contributed by atoms with Crippen LogP contribution in [0.25, 0.3) is 0 Å². The van der Waals surface area contributed by atoms with Crippen LogP contribution in [-0.2, 0) is 0 Å². The predicted octanol–water partition coefficient (Wildman–Crippen LogP) is 5.49. The van der Waals surface area contributed by atoms with Crippen LogP contribution in [0, 0.1) is 12.7 Å². The second-order valence-corrected chi connectivity index (χ2v) is 6.36. The van der Waals surface area contributed by atoms with Gasteiger partial charge < -0.3 is 0 Å². The van der Waals surface area contributed by atoms with Crippen molar-refractivity contribution in [3.8, 4) is 0 Å². The second-order valence-electron chi connectivity index (χ2n) is 6.36. The molecule has 0 saturated heterocycles. The minimum atomic E-state index is -0.225. The number of hydrazone groups is 1. The third-order valence-electron chi connectivity index (χ3n) is 4.57. The molecule has 3 heteroatoms. The molecule has 2 nitrogen and oxygen atoms in total. The zero-order chi connectivity index (χ0) is 17.2. The van der Waals surface area contributed by atoms with Gasteiger partial charge in [0.25, 0.3) is 0 Å². The maximum absolute atomic E-state index is 13.2. The molecule has 0 unspecified atom stereocenters. The van der Waals surface area contributed by atoms with Crippen LogP contribution in [0.1, 0.15) is 29.2 Å². The quantitative estimate of drug-likeness (QED) is 0.620. The van der Waals surface area contributed by atoms with Gasteiger partial charge in [0, 0.05) is 6.42 Å². The standard InChI is InChI=1S/C22H19FN2/c1-16-7-9-18(10-8-16)22-15-21(17-11-13-19(23)14-12-17)24-25(22)20-5-3-2-4-6-20/h2-14,22H,15H2,1H3/t22-/m1/s1. The highest BCUT2D eigenvalue weighted by atomic mass is 19.1. The number of nitrogens with zero attached hydrogens (tertiary/aromatic N) is 2. The molecule has 1 atom stereocenters. The van der Waals surface area contributed by atoms with Crippen molar-refractivity contribution in [2.75, 3.05) is 5.01 Å². The molecule has 0 fully saturated rings. The largest absolute Gasteiger partial charge is 0.257 e. The van der Waals surface area contributed by atoms with E-state index in [0.717, 1.165) is 23.4 Å². The number of anilines is 1. The third kappa shape index (κ3) is 3.18. The minimum absolute atomic E-state index is 0.142. The molecular weight excluding hydrogens is 311 g/mol. The summed E-state index contributed by atoms with van der Waals surface area (Å²) in [6.07, 6.45) is 0.795. The van der Waals surface area contributed by atoms with Crippen molar-refractivity contribution >= 4 is 11.4 Å².